The van der Waals surface area contributed by atoms with E-state index in [0.717, 1.165) is 54.9 Å². The number of halogens is 1. The monoisotopic (exact) mass is 484 g/mol. The van der Waals surface area contributed by atoms with E-state index in [-0.39, 0.29) is 24.4 Å². The molecule has 0 bridgehead atoms. The molecule has 0 amide bonds. The van der Waals surface area contributed by atoms with Gasteiger partial charge in [-0.2, -0.15) is 0 Å². The van der Waals surface area contributed by atoms with Crippen molar-refractivity contribution in [3.8, 4) is 17.6 Å². The van der Waals surface area contributed by atoms with Crippen LogP contribution in [0.25, 0.3) is 0 Å². The van der Waals surface area contributed by atoms with Gasteiger partial charge in [0.1, 0.15) is 11.6 Å². The molecule has 0 saturated carbocycles. The van der Waals surface area contributed by atoms with Crippen LogP contribution >= 0.6 is 0 Å². The maximum absolute atomic E-state index is 14.3. The summed E-state index contributed by atoms with van der Waals surface area (Å²) in [6, 6.07) is 23.7. The van der Waals surface area contributed by atoms with E-state index in [9.17, 15) is 9.50 Å². The molecule has 0 aliphatic carbocycles. The molecule has 0 unspecified atom stereocenters. The summed E-state index contributed by atoms with van der Waals surface area (Å²) in [5.74, 6) is 7.39. The highest BCUT2D eigenvalue weighted by Crippen LogP contribution is 2.42. The van der Waals surface area contributed by atoms with E-state index in [1.54, 1.807) is 19.2 Å². The maximum atomic E-state index is 14.3. The molecular formula is C31H33FN2O2. The molecule has 36 heavy (non-hydrogen) atoms. The average Bonchev–Trinajstić information content (AvgIpc) is 2.90. The molecule has 2 heterocycles. The second kappa shape index (κ2) is 11.3. The van der Waals surface area contributed by atoms with E-state index in [0.29, 0.717) is 12.6 Å². The van der Waals surface area contributed by atoms with Crippen molar-refractivity contribution in [3.05, 3.63) is 101 Å². The summed E-state index contributed by atoms with van der Waals surface area (Å²) >= 11 is 0. The van der Waals surface area contributed by atoms with Crippen molar-refractivity contribution in [2.75, 3.05) is 33.4 Å². The zero-order valence-electron chi connectivity index (χ0n) is 20.7. The molecule has 2 aliphatic heterocycles. The summed E-state index contributed by atoms with van der Waals surface area (Å²) in [6.07, 6.45) is 2.18. The van der Waals surface area contributed by atoms with Gasteiger partial charge in [-0.25, -0.2) is 4.39 Å². The Morgan fingerprint density at radius 3 is 2.25 bits per heavy atom. The molecule has 4 nitrogen and oxygen atoms in total. The van der Waals surface area contributed by atoms with Crippen LogP contribution in [-0.4, -0.2) is 60.3 Å². The fourth-order valence-corrected chi connectivity index (χ4v) is 5.63. The lowest BCUT2D eigenvalue weighted by atomic mass is 9.74. The Hall–Kier alpha value is -3.17. The molecule has 3 aromatic rings. The molecule has 5 heteroatoms. The quantitative estimate of drug-likeness (QED) is 0.535. The van der Waals surface area contributed by atoms with Crippen molar-refractivity contribution in [3.63, 3.8) is 0 Å². The Morgan fingerprint density at radius 1 is 0.917 bits per heavy atom. The summed E-state index contributed by atoms with van der Waals surface area (Å²) in [6.45, 7) is 3.61. The highest BCUT2D eigenvalue weighted by Gasteiger charge is 2.49. The summed E-state index contributed by atoms with van der Waals surface area (Å²) in [4.78, 5) is 4.83. The highest BCUT2D eigenvalue weighted by molar-refractivity contribution is 5.45. The van der Waals surface area contributed by atoms with Gasteiger partial charge in [-0.3, -0.25) is 9.80 Å². The van der Waals surface area contributed by atoms with Crippen molar-refractivity contribution in [1.82, 2.24) is 9.80 Å². The largest absolute Gasteiger partial charge is 0.497 e. The fraction of sp³-hybridized carbons (Fsp3) is 0.355. The SMILES string of the molecule is COc1ccc(C#Cc2ccc([C@H]3[C@H](CO)N4CCCCN(Cc5ccccc5F)C[C@@H]34)cc2)cc1. The molecule has 0 aromatic heterocycles. The molecule has 1 N–H and O–H groups in total. The molecule has 2 fully saturated rings. The molecule has 3 aromatic carbocycles. The smallest absolute Gasteiger partial charge is 0.127 e. The molecule has 0 radical (unpaired) electrons. The Labute approximate surface area is 213 Å². The minimum atomic E-state index is -0.138. The third kappa shape index (κ3) is 5.32. The number of aliphatic hydroxyl groups excluding tert-OH is 1. The molecular weight excluding hydrogens is 451 g/mol. The first kappa shape index (κ1) is 24.5. The summed E-state index contributed by atoms with van der Waals surface area (Å²) in [5, 5.41) is 10.2. The summed E-state index contributed by atoms with van der Waals surface area (Å²) < 4.78 is 19.5. The van der Waals surface area contributed by atoms with Gasteiger partial charge in [-0.1, -0.05) is 42.2 Å². The summed E-state index contributed by atoms with van der Waals surface area (Å²) in [7, 11) is 1.65. The maximum Gasteiger partial charge on any atom is 0.127 e. The number of hydrogen-bond acceptors (Lipinski definition) is 4. The second-order valence-corrected chi connectivity index (χ2v) is 9.72. The predicted octanol–water partition coefficient (Wildman–Crippen LogP) is 4.66. The topological polar surface area (TPSA) is 35.9 Å². The zero-order valence-corrected chi connectivity index (χ0v) is 20.7. The fourth-order valence-electron chi connectivity index (χ4n) is 5.63. The Kier molecular flexibility index (Phi) is 7.67. The van der Waals surface area contributed by atoms with Gasteiger partial charge in [0.2, 0.25) is 0 Å². The van der Waals surface area contributed by atoms with Crippen LogP contribution in [0.2, 0.25) is 0 Å². The number of benzene rings is 3. The standard InChI is InChI=1S/C31H33FN2O2/c1-36-27-16-12-24(13-17-27)9-8-23-10-14-25(15-11-23)31-29-21-33(20-26-6-2-3-7-28(26)32)18-4-5-19-34(29)30(31)22-35/h2-3,6-7,10-17,29-31,35H,4-5,18-22H2,1H3/t29-,30-,31+/m0/s1. The third-order valence-corrected chi connectivity index (χ3v) is 7.54. The first-order valence-corrected chi connectivity index (χ1v) is 12.7. The number of ether oxygens (including phenoxy) is 1. The lowest BCUT2D eigenvalue weighted by molar-refractivity contribution is -0.0656. The minimum Gasteiger partial charge on any atom is -0.497 e. The first-order chi connectivity index (χ1) is 17.7. The van der Waals surface area contributed by atoms with E-state index in [1.807, 2.05) is 36.4 Å². The van der Waals surface area contributed by atoms with E-state index in [4.69, 9.17) is 4.74 Å². The van der Waals surface area contributed by atoms with Gasteiger partial charge in [-0.05, 0) is 74.0 Å². The molecule has 0 spiro atoms. The van der Waals surface area contributed by atoms with Crippen molar-refractivity contribution in [2.24, 2.45) is 0 Å². The van der Waals surface area contributed by atoms with E-state index >= 15 is 0 Å². The van der Waals surface area contributed by atoms with E-state index < -0.39 is 0 Å². The van der Waals surface area contributed by atoms with Crippen molar-refractivity contribution in [2.45, 2.75) is 37.4 Å². The first-order valence-electron chi connectivity index (χ1n) is 12.7. The number of methoxy groups -OCH3 is 1. The van der Waals surface area contributed by atoms with Crippen LogP contribution < -0.4 is 4.74 Å². The molecule has 3 atom stereocenters. The van der Waals surface area contributed by atoms with Gasteiger partial charge in [0, 0.05) is 47.8 Å². The van der Waals surface area contributed by atoms with Crippen molar-refractivity contribution >= 4 is 0 Å². The van der Waals surface area contributed by atoms with Gasteiger partial charge in [0.05, 0.1) is 13.7 Å². The van der Waals surface area contributed by atoms with Crippen LogP contribution in [-0.2, 0) is 6.54 Å². The van der Waals surface area contributed by atoms with Gasteiger partial charge in [0.25, 0.3) is 0 Å². The van der Waals surface area contributed by atoms with Crippen molar-refractivity contribution < 1.29 is 14.2 Å². The summed E-state index contributed by atoms with van der Waals surface area (Å²) in [5.41, 5.74) is 3.89. The van der Waals surface area contributed by atoms with Gasteiger partial charge < -0.3 is 9.84 Å². The third-order valence-electron chi connectivity index (χ3n) is 7.54. The molecule has 186 valence electrons. The number of rotatable bonds is 5. The highest BCUT2D eigenvalue weighted by atomic mass is 19.1. The number of fused-ring (bicyclic) bond motifs is 1. The van der Waals surface area contributed by atoms with Crippen LogP contribution in [0.5, 0.6) is 5.75 Å². The zero-order chi connectivity index (χ0) is 24.9. The van der Waals surface area contributed by atoms with Gasteiger partial charge in [-0.15, -0.1) is 0 Å². The lowest BCUT2D eigenvalue weighted by Crippen LogP contribution is -2.67. The second-order valence-electron chi connectivity index (χ2n) is 9.72. The minimum absolute atomic E-state index is 0.125. The van der Waals surface area contributed by atoms with Crippen LogP contribution in [0, 0.1) is 17.7 Å². The van der Waals surface area contributed by atoms with Crippen molar-refractivity contribution in [1.29, 1.82) is 0 Å². The molecule has 2 aliphatic rings. The normalized spacial score (nSPS) is 22.4. The van der Waals surface area contributed by atoms with Gasteiger partial charge >= 0.3 is 0 Å². The van der Waals surface area contributed by atoms with E-state index in [2.05, 4.69) is 45.9 Å². The molecule has 2 saturated heterocycles. The number of aliphatic hydroxyl groups is 1. The average molecular weight is 485 g/mol. The Bertz CT molecular complexity index is 1220. The van der Waals surface area contributed by atoms with Gasteiger partial charge in [0.15, 0.2) is 0 Å². The van der Waals surface area contributed by atoms with Crippen LogP contribution in [0.15, 0.2) is 72.8 Å². The molecule has 5 rings (SSSR count). The lowest BCUT2D eigenvalue weighted by Gasteiger charge is -2.57. The van der Waals surface area contributed by atoms with Crippen LogP contribution in [0.4, 0.5) is 4.39 Å². The number of nitrogens with zero attached hydrogens (tertiary/aromatic N) is 2. The Morgan fingerprint density at radius 2 is 1.58 bits per heavy atom. The van der Waals surface area contributed by atoms with Crippen LogP contribution in [0.1, 0.15) is 41.0 Å². The van der Waals surface area contributed by atoms with Crippen LogP contribution in [0.3, 0.4) is 0 Å². The van der Waals surface area contributed by atoms with E-state index in [1.165, 1.54) is 5.56 Å². The predicted molar refractivity (Wildman–Crippen MR) is 140 cm³/mol. The number of hydrogen-bond donors (Lipinski definition) is 1. The Balaban J connectivity index is 1.31.